The van der Waals surface area contributed by atoms with E-state index in [9.17, 15) is 21.6 Å². The first-order chi connectivity index (χ1) is 12.6. The zero-order valence-electron chi connectivity index (χ0n) is 13.9. The van der Waals surface area contributed by atoms with Gasteiger partial charge in [-0.15, -0.1) is 0 Å². The molecule has 0 spiro atoms. The molecule has 2 aromatic carbocycles. The van der Waals surface area contributed by atoms with Crippen molar-refractivity contribution in [2.45, 2.75) is 22.6 Å². The maximum absolute atomic E-state index is 12.5. The molecule has 0 unspecified atom stereocenters. The van der Waals surface area contributed by atoms with E-state index in [4.69, 9.17) is 16.7 Å². The third-order valence-corrected chi connectivity index (χ3v) is 6.60. The molecule has 144 valence electrons. The third-order valence-electron chi connectivity index (χ3n) is 4.01. The lowest BCUT2D eigenvalue weighted by molar-refractivity contribution is -0.117. The number of rotatable bonds is 5. The SMILES string of the molecule is NS(=O)(=O)c1cccc(S(=O)(=O)Nc2ccc(N3CCCC3=O)c(Cl)c2)c1. The van der Waals surface area contributed by atoms with Crippen molar-refractivity contribution >= 4 is 48.9 Å². The number of hydrogen-bond acceptors (Lipinski definition) is 5. The molecule has 1 amide bonds. The van der Waals surface area contributed by atoms with Gasteiger partial charge in [0.2, 0.25) is 15.9 Å². The van der Waals surface area contributed by atoms with Crippen LogP contribution in [0.15, 0.2) is 52.3 Å². The van der Waals surface area contributed by atoms with E-state index in [2.05, 4.69) is 4.72 Å². The van der Waals surface area contributed by atoms with Crippen LogP contribution >= 0.6 is 11.6 Å². The van der Waals surface area contributed by atoms with Gasteiger partial charge in [-0.2, -0.15) is 0 Å². The quantitative estimate of drug-likeness (QED) is 0.750. The van der Waals surface area contributed by atoms with Crippen molar-refractivity contribution in [2.24, 2.45) is 5.14 Å². The molecule has 0 atom stereocenters. The van der Waals surface area contributed by atoms with E-state index in [1.54, 1.807) is 11.0 Å². The highest BCUT2D eigenvalue weighted by Gasteiger charge is 2.24. The summed E-state index contributed by atoms with van der Waals surface area (Å²) in [6.45, 7) is 0.560. The van der Waals surface area contributed by atoms with Crippen LogP contribution in [0.5, 0.6) is 0 Å². The molecule has 8 nitrogen and oxygen atoms in total. The summed E-state index contributed by atoms with van der Waals surface area (Å²) < 4.78 is 50.2. The number of carbonyl (C=O) groups is 1. The Balaban J connectivity index is 1.88. The van der Waals surface area contributed by atoms with Gasteiger partial charge in [-0.3, -0.25) is 9.52 Å². The number of primary sulfonamides is 1. The molecule has 27 heavy (non-hydrogen) atoms. The van der Waals surface area contributed by atoms with Crippen LogP contribution in [0.25, 0.3) is 0 Å². The maximum Gasteiger partial charge on any atom is 0.261 e. The van der Waals surface area contributed by atoms with Crippen LogP contribution < -0.4 is 14.8 Å². The molecule has 3 N–H and O–H groups in total. The first kappa shape index (κ1) is 19.6. The highest BCUT2D eigenvalue weighted by molar-refractivity contribution is 7.93. The molecular formula is C16H16ClN3O5S2. The predicted octanol–water partition coefficient (Wildman–Crippen LogP) is 1.92. The van der Waals surface area contributed by atoms with Crippen LogP contribution in [-0.2, 0) is 24.8 Å². The number of anilines is 2. The zero-order chi connectivity index (χ0) is 19.8. The van der Waals surface area contributed by atoms with Crippen LogP contribution in [-0.4, -0.2) is 29.3 Å². The van der Waals surface area contributed by atoms with Gasteiger partial charge in [0.25, 0.3) is 10.0 Å². The first-order valence-corrected chi connectivity index (χ1v) is 11.2. The third kappa shape index (κ3) is 4.24. The van der Waals surface area contributed by atoms with Crippen molar-refractivity contribution in [3.63, 3.8) is 0 Å². The monoisotopic (exact) mass is 429 g/mol. The van der Waals surface area contributed by atoms with Crippen LogP contribution in [0.1, 0.15) is 12.8 Å². The number of benzene rings is 2. The molecule has 1 aliphatic heterocycles. The van der Waals surface area contributed by atoms with Crippen LogP contribution in [0, 0.1) is 0 Å². The number of nitrogens with two attached hydrogens (primary N) is 1. The Hall–Kier alpha value is -2.14. The molecule has 1 saturated heterocycles. The minimum absolute atomic E-state index is 0.0370. The largest absolute Gasteiger partial charge is 0.311 e. The average Bonchev–Trinajstić information content (AvgIpc) is 3.00. The summed E-state index contributed by atoms with van der Waals surface area (Å²) >= 11 is 6.21. The molecule has 0 radical (unpaired) electrons. The van der Waals surface area contributed by atoms with E-state index >= 15 is 0 Å². The Kier molecular flexibility index (Phi) is 5.17. The number of sulfonamides is 2. The van der Waals surface area contributed by atoms with Crippen molar-refractivity contribution in [1.29, 1.82) is 0 Å². The lowest BCUT2D eigenvalue weighted by atomic mass is 10.2. The molecule has 1 fully saturated rings. The van der Waals surface area contributed by atoms with Gasteiger partial charge in [0.1, 0.15) is 0 Å². The second-order valence-corrected chi connectivity index (χ2v) is 9.59. The van der Waals surface area contributed by atoms with Crippen LogP contribution in [0.4, 0.5) is 11.4 Å². The van der Waals surface area contributed by atoms with E-state index < -0.39 is 20.0 Å². The fourth-order valence-corrected chi connectivity index (χ4v) is 4.74. The number of halogens is 1. The van der Waals surface area contributed by atoms with E-state index in [1.165, 1.54) is 30.3 Å². The lowest BCUT2D eigenvalue weighted by Gasteiger charge is -2.18. The molecule has 0 aromatic heterocycles. The Labute approximate surface area is 162 Å². The second-order valence-electron chi connectivity index (χ2n) is 5.94. The van der Waals surface area contributed by atoms with Gasteiger partial charge < -0.3 is 4.90 Å². The number of hydrogen-bond donors (Lipinski definition) is 2. The molecule has 0 bridgehead atoms. The van der Waals surface area contributed by atoms with Crippen LogP contribution in [0.3, 0.4) is 0 Å². The van der Waals surface area contributed by atoms with Crippen molar-refractivity contribution in [3.05, 3.63) is 47.5 Å². The fraction of sp³-hybridized carbons (Fsp3) is 0.188. The van der Waals surface area contributed by atoms with Crippen molar-refractivity contribution in [3.8, 4) is 0 Å². The maximum atomic E-state index is 12.5. The van der Waals surface area contributed by atoms with Crippen molar-refractivity contribution < 1.29 is 21.6 Å². The normalized spacial score (nSPS) is 15.2. The second kappa shape index (κ2) is 7.12. The van der Waals surface area contributed by atoms with Gasteiger partial charge in [0.15, 0.2) is 0 Å². The first-order valence-electron chi connectivity index (χ1n) is 7.83. The fourth-order valence-electron chi connectivity index (χ4n) is 2.72. The molecule has 11 heteroatoms. The summed E-state index contributed by atoms with van der Waals surface area (Å²) in [5.41, 5.74) is 0.690. The Morgan fingerprint density at radius 2 is 1.74 bits per heavy atom. The van der Waals surface area contributed by atoms with Gasteiger partial charge in [0.05, 0.1) is 26.2 Å². The molecule has 0 aliphatic carbocycles. The van der Waals surface area contributed by atoms with Gasteiger partial charge in [-0.05, 0) is 42.8 Å². The number of amides is 1. The molecular weight excluding hydrogens is 414 g/mol. The Bertz CT molecular complexity index is 1120. The number of nitrogens with zero attached hydrogens (tertiary/aromatic N) is 1. The van der Waals surface area contributed by atoms with E-state index in [0.29, 0.717) is 18.7 Å². The smallest absolute Gasteiger partial charge is 0.261 e. The van der Waals surface area contributed by atoms with Gasteiger partial charge in [-0.25, -0.2) is 22.0 Å². The molecule has 0 saturated carbocycles. The highest BCUT2D eigenvalue weighted by Crippen LogP contribution is 2.32. The van der Waals surface area contributed by atoms with Gasteiger partial charge in [0, 0.05) is 13.0 Å². The van der Waals surface area contributed by atoms with Crippen molar-refractivity contribution in [1.82, 2.24) is 0 Å². The van der Waals surface area contributed by atoms with E-state index in [1.807, 2.05) is 0 Å². The molecule has 3 rings (SSSR count). The highest BCUT2D eigenvalue weighted by atomic mass is 35.5. The number of carbonyl (C=O) groups excluding carboxylic acids is 1. The van der Waals surface area contributed by atoms with Crippen molar-refractivity contribution in [2.75, 3.05) is 16.2 Å². The lowest BCUT2D eigenvalue weighted by Crippen LogP contribution is -2.24. The van der Waals surface area contributed by atoms with Gasteiger partial charge >= 0.3 is 0 Å². The predicted molar refractivity (Wildman–Crippen MR) is 102 cm³/mol. The minimum Gasteiger partial charge on any atom is -0.311 e. The summed E-state index contributed by atoms with van der Waals surface area (Å²) in [5, 5.41) is 5.26. The van der Waals surface area contributed by atoms with Gasteiger partial charge in [-0.1, -0.05) is 17.7 Å². The zero-order valence-corrected chi connectivity index (χ0v) is 16.3. The summed E-state index contributed by atoms with van der Waals surface area (Å²) in [7, 11) is -8.10. The summed E-state index contributed by atoms with van der Waals surface area (Å²) in [6, 6.07) is 9.13. The molecule has 1 aliphatic rings. The molecule has 2 aromatic rings. The Morgan fingerprint density at radius 3 is 2.33 bits per heavy atom. The standard InChI is InChI=1S/C16H16ClN3O5S2/c17-14-9-11(6-7-15(14)20-8-2-5-16(20)21)19-27(24,25)13-4-1-3-12(10-13)26(18,22)23/h1,3-4,6-7,9-10,19H,2,5,8H2,(H2,18,22,23). The van der Waals surface area contributed by atoms with Crippen LogP contribution in [0.2, 0.25) is 5.02 Å². The average molecular weight is 430 g/mol. The number of nitrogens with one attached hydrogen (secondary N) is 1. The molecule has 1 heterocycles. The Morgan fingerprint density at radius 1 is 1.04 bits per heavy atom. The topological polar surface area (TPSA) is 127 Å². The summed E-state index contributed by atoms with van der Waals surface area (Å²) in [4.78, 5) is 12.8. The summed E-state index contributed by atoms with van der Waals surface area (Å²) in [6.07, 6.45) is 1.19. The van der Waals surface area contributed by atoms with E-state index in [0.717, 1.165) is 12.5 Å². The summed E-state index contributed by atoms with van der Waals surface area (Å²) in [5.74, 6) is -0.0370. The minimum atomic E-state index is -4.06. The van der Waals surface area contributed by atoms with E-state index in [-0.39, 0.29) is 26.4 Å².